The Balaban J connectivity index is 1.97. The van der Waals surface area contributed by atoms with E-state index in [0.717, 1.165) is 6.42 Å². The number of hydrogen-bond donors (Lipinski definition) is 0. The molecule has 0 radical (unpaired) electrons. The third-order valence-corrected chi connectivity index (χ3v) is 4.44. The zero-order chi connectivity index (χ0) is 17.1. The van der Waals surface area contributed by atoms with Crippen LogP contribution in [0.2, 0.25) is 0 Å². The Bertz CT molecular complexity index is 922. The van der Waals surface area contributed by atoms with Crippen molar-refractivity contribution < 1.29 is 8.91 Å². The second-order valence-electron chi connectivity index (χ2n) is 5.26. The lowest BCUT2D eigenvalue weighted by Gasteiger charge is -2.11. The predicted octanol–water partition coefficient (Wildman–Crippen LogP) is 3.18. The van der Waals surface area contributed by atoms with Gasteiger partial charge in [-0.15, -0.1) is 0 Å². The first kappa shape index (κ1) is 16.6. The summed E-state index contributed by atoms with van der Waals surface area (Å²) in [6.45, 7) is 4.44. The smallest absolute Gasteiger partial charge is 0.262 e. The van der Waals surface area contributed by atoms with Crippen LogP contribution in [0, 0.1) is 5.82 Å². The van der Waals surface area contributed by atoms with E-state index >= 15 is 0 Å². The molecule has 3 aromatic rings. The normalized spacial score (nSPS) is 11.3. The van der Waals surface area contributed by atoms with E-state index in [2.05, 4.69) is 15.1 Å². The maximum atomic E-state index is 13.4. The number of aryl methyl sites for hydroxylation is 1. The van der Waals surface area contributed by atoms with E-state index in [1.165, 1.54) is 30.0 Å². The van der Waals surface area contributed by atoms with Crippen molar-refractivity contribution in [3.05, 3.63) is 46.1 Å². The number of rotatable bonds is 6. The molecule has 0 spiro atoms. The van der Waals surface area contributed by atoms with Gasteiger partial charge < -0.3 is 4.52 Å². The second kappa shape index (κ2) is 7.12. The standard InChI is InChI=1S/C16H17FN4O2S/c1-3-7-21-15(22)11-8-10(17)5-6-12(11)18-16(21)24-9-14-19-13(4-2)20-23-14/h5-6,8H,3-4,7,9H2,1-2H3. The SMILES string of the molecule is CCCn1c(SCc2nc(CC)no2)nc2ccc(F)cc2c1=O. The average molecular weight is 348 g/mol. The Morgan fingerprint density at radius 2 is 2.12 bits per heavy atom. The molecule has 0 unspecified atom stereocenters. The van der Waals surface area contributed by atoms with Crippen LogP contribution in [-0.2, 0) is 18.7 Å². The molecule has 0 saturated heterocycles. The van der Waals surface area contributed by atoms with Gasteiger partial charge >= 0.3 is 0 Å². The van der Waals surface area contributed by atoms with E-state index in [9.17, 15) is 9.18 Å². The molecule has 0 aliphatic carbocycles. The summed E-state index contributed by atoms with van der Waals surface area (Å²) in [7, 11) is 0. The number of fused-ring (bicyclic) bond motifs is 1. The van der Waals surface area contributed by atoms with Gasteiger partial charge in [0.2, 0.25) is 5.89 Å². The van der Waals surface area contributed by atoms with Crippen LogP contribution in [-0.4, -0.2) is 19.7 Å². The molecule has 0 aliphatic heterocycles. The first-order valence-electron chi connectivity index (χ1n) is 7.76. The van der Waals surface area contributed by atoms with Crippen LogP contribution in [0.15, 0.2) is 32.7 Å². The number of aromatic nitrogens is 4. The van der Waals surface area contributed by atoms with Gasteiger partial charge in [-0.1, -0.05) is 30.8 Å². The molecule has 1 aromatic carbocycles. The molecule has 0 N–H and O–H groups in total. The van der Waals surface area contributed by atoms with Gasteiger partial charge in [-0.3, -0.25) is 9.36 Å². The molecular formula is C16H17FN4O2S. The molecule has 0 aliphatic rings. The second-order valence-corrected chi connectivity index (χ2v) is 6.20. The van der Waals surface area contributed by atoms with Gasteiger partial charge in [-0.25, -0.2) is 9.37 Å². The van der Waals surface area contributed by atoms with E-state index in [1.54, 1.807) is 4.57 Å². The highest BCUT2D eigenvalue weighted by Gasteiger charge is 2.14. The molecule has 0 atom stereocenters. The Morgan fingerprint density at radius 3 is 2.83 bits per heavy atom. The molecular weight excluding hydrogens is 331 g/mol. The Kier molecular flexibility index (Phi) is 4.94. The number of thioether (sulfide) groups is 1. The van der Waals surface area contributed by atoms with Crippen molar-refractivity contribution in [2.75, 3.05) is 0 Å². The van der Waals surface area contributed by atoms with Crippen LogP contribution in [0.5, 0.6) is 0 Å². The fourth-order valence-electron chi connectivity index (χ4n) is 2.32. The number of benzene rings is 1. The molecule has 24 heavy (non-hydrogen) atoms. The quantitative estimate of drug-likeness (QED) is 0.503. The minimum absolute atomic E-state index is 0.233. The Morgan fingerprint density at radius 1 is 1.29 bits per heavy atom. The van der Waals surface area contributed by atoms with Crippen LogP contribution in [0.25, 0.3) is 10.9 Å². The highest BCUT2D eigenvalue weighted by molar-refractivity contribution is 7.98. The summed E-state index contributed by atoms with van der Waals surface area (Å²) in [6.07, 6.45) is 1.48. The van der Waals surface area contributed by atoms with Crippen LogP contribution < -0.4 is 5.56 Å². The molecule has 0 saturated carbocycles. The molecule has 8 heteroatoms. The van der Waals surface area contributed by atoms with Gasteiger partial charge in [0.1, 0.15) is 5.82 Å². The van der Waals surface area contributed by atoms with Gasteiger partial charge in [-0.2, -0.15) is 4.98 Å². The lowest BCUT2D eigenvalue weighted by Crippen LogP contribution is -2.23. The number of hydrogen-bond acceptors (Lipinski definition) is 6. The molecule has 126 valence electrons. The van der Waals surface area contributed by atoms with E-state index in [0.29, 0.717) is 46.5 Å². The van der Waals surface area contributed by atoms with Crippen molar-refractivity contribution in [2.24, 2.45) is 0 Å². The highest BCUT2D eigenvalue weighted by atomic mass is 32.2. The van der Waals surface area contributed by atoms with Crippen molar-refractivity contribution in [2.45, 2.75) is 44.1 Å². The van der Waals surface area contributed by atoms with Crippen LogP contribution in [0.3, 0.4) is 0 Å². The maximum absolute atomic E-state index is 13.4. The Hall–Kier alpha value is -2.22. The summed E-state index contributed by atoms with van der Waals surface area (Å²) in [5.74, 6) is 1.13. The molecule has 3 rings (SSSR count). The van der Waals surface area contributed by atoms with E-state index in [4.69, 9.17) is 4.52 Å². The number of halogens is 1. The van der Waals surface area contributed by atoms with Gasteiger partial charge in [0.15, 0.2) is 11.0 Å². The number of nitrogens with zero attached hydrogens (tertiary/aromatic N) is 4. The highest BCUT2D eigenvalue weighted by Crippen LogP contribution is 2.22. The van der Waals surface area contributed by atoms with Crippen LogP contribution in [0.4, 0.5) is 4.39 Å². The largest absolute Gasteiger partial charge is 0.338 e. The van der Waals surface area contributed by atoms with E-state index in [-0.39, 0.29) is 5.56 Å². The topological polar surface area (TPSA) is 73.8 Å². The molecule has 2 heterocycles. The van der Waals surface area contributed by atoms with Crippen molar-refractivity contribution in [3.8, 4) is 0 Å². The maximum Gasteiger partial charge on any atom is 0.262 e. The Labute approximate surface area is 142 Å². The molecule has 6 nitrogen and oxygen atoms in total. The van der Waals surface area contributed by atoms with Crippen molar-refractivity contribution in [1.29, 1.82) is 0 Å². The fraction of sp³-hybridized carbons (Fsp3) is 0.375. The first-order valence-corrected chi connectivity index (χ1v) is 8.75. The van der Waals surface area contributed by atoms with Crippen molar-refractivity contribution in [3.63, 3.8) is 0 Å². The van der Waals surface area contributed by atoms with Crippen LogP contribution in [0.1, 0.15) is 32.0 Å². The van der Waals surface area contributed by atoms with Gasteiger partial charge in [0.05, 0.1) is 16.7 Å². The molecule has 2 aromatic heterocycles. The molecule has 0 amide bonds. The third kappa shape index (κ3) is 3.33. The monoisotopic (exact) mass is 348 g/mol. The summed E-state index contributed by atoms with van der Waals surface area (Å²) in [4.78, 5) is 21.4. The summed E-state index contributed by atoms with van der Waals surface area (Å²) >= 11 is 1.36. The average Bonchev–Trinajstić information content (AvgIpc) is 3.04. The van der Waals surface area contributed by atoms with Crippen molar-refractivity contribution >= 4 is 22.7 Å². The summed E-state index contributed by atoms with van der Waals surface area (Å²) < 4.78 is 20.2. The van der Waals surface area contributed by atoms with Gasteiger partial charge in [0, 0.05) is 13.0 Å². The lowest BCUT2D eigenvalue weighted by molar-refractivity contribution is 0.385. The minimum atomic E-state index is -0.442. The predicted molar refractivity (Wildman–Crippen MR) is 89.5 cm³/mol. The van der Waals surface area contributed by atoms with Gasteiger partial charge in [-0.05, 0) is 24.6 Å². The fourth-order valence-corrected chi connectivity index (χ4v) is 3.19. The first-order chi connectivity index (χ1) is 11.6. The molecule has 0 bridgehead atoms. The van der Waals surface area contributed by atoms with Crippen molar-refractivity contribution in [1.82, 2.24) is 19.7 Å². The summed E-state index contributed by atoms with van der Waals surface area (Å²) in [6, 6.07) is 4.06. The van der Waals surface area contributed by atoms with Gasteiger partial charge in [0.25, 0.3) is 5.56 Å². The van der Waals surface area contributed by atoms with Crippen LogP contribution >= 0.6 is 11.8 Å². The summed E-state index contributed by atoms with van der Waals surface area (Å²) in [5, 5.41) is 4.71. The van der Waals surface area contributed by atoms with E-state index in [1.807, 2.05) is 13.8 Å². The molecule has 0 fully saturated rings. The lowest BCUT2D eigenvalue weighted by atomic mass is 10.2. The zero-order valence-corrected chi connectivity index (χ0v) is 14.3. The minimum Gasteiger partial charge on any atom is -0.338 e. The summed E-state index contributed by atoms with van der Waals surface area (Å²) in [5.41, 5.74) is 0.250. The zero-order valence-electron chi connectivity index (χ0n) is 13.5. The third-order valence-electron chi connectivity index (χ3n) is 3.48. The van der Waals surface area contributed by atoms with E-state index < -0.39 is 5.82 Å².